The number of ether oxygens (including phenoxy) is 2. The molecule has 0 spiro atoms. The van der Waals surface area contributed by atoms with Crippen molar-refractivity contribution >= 4 is 52.0 Å². The maximum Gasteiger partial charge on any atom is 0.283 e. The summed E-state index contributed by atoms with van der Waals surface area (Å²) in [6, 6.07) is 21.8. The third kappa shape index (κ3) is 5.98. The van der Waals surface area contributed by atoms with Gasteiger partial charge in [0.05, 0.1) is 24.9 Å². The molecule has 3 aromatic carbocycles. The number of benzene rings is 3. The molecule has 0 saturated carbocycles. The largest absolute Gasteiger partial charge is 0.497 e. The van der Waals surface area contributed by atoms with Gasteiger partial charge in [0.1, 0.15) is 17.2 Å². The van der Waals surface area contributed by atoms with E-state index in [0.717, 1.165) is 11.3 Å². The molecule has 1 heterocycles. The van der Waals surface area contributed by atoms with E-state index in [1.807, 2.05) is 54.6 Å². The molecule has 1 amide bonds. The molecule has 0 saturated heterocycles. The van der Waals surface area contributed by atoms with E-state index in [1.165, 1.54) is 18.9 Å². The minimum atomic E-state index is -0.252. The van der Waals surface area contributed by atoms with Gasteiger partial charge in [0, 0.05) is 23.8 Å². The highest BCUT2D eigenvalue weighted by atomic mass is 35.5. The average Bonchev–Trinajstić information content (AvgIpc) is 3.22. The molecule has 0 radical (unpaired) electrons. The number of carbonyl (C=O) groups is 2. The molecule has 1 aliphatic rings. The minimum absolute atomic E-state index is 0.0972. The lowest BCUT2D eigenvalue weighted by molar-refractivity contribution is -0.113. The number of amides is 1. The topological polar surface area (TPSA) is 68.2 Å². The molecule has 3 aromatic rings. The van der Waals surface area contributed by atoms with Crippen LogP contribution in [0.2, 0.25) is 5.02 Å². The predicted molar refractivity (Wildman–Crippen MR) is 146 cm³/mol. The van der Waals surface area contributed by atoms with E-state index >= 15 is 0 Å². The molecule has 8 heteroatoms. The summed E-state index contributed by atoms with van der Waals surface area (Å²) >= 11 is 7.64. The van der Waals surface area contributed by atoms with Crippen LogP contribution in [0.25, 0.3) is 6.08 Å². The summed E-state index contributed by atoms with van der Waals surface area (Å²) in [7, 11) is 3.13. The van der Waals surface area contributed by atoms with Gasteiger partial charge in [0.15, 0.2) is 11.0 Å². The van der Waals surface area contributed by atoms with Crippen LogP contribution in [-0.2, 0) is 4.79 Å². The smallest absolute Gasteiger partial charge is 0.283 e. The Bertz CT molecular complexity index is 1310. The predicted octanol–water partition coefficient (Wildman–Crippen LogP) is 6.50. The van der Waals surface area contributed by atoms with E-state index in [2.05, 4.69) is 4.99 Å². The third-order valence-electron chi connectivity index (χ3n) is 5.52. The van der Waals surface area contributed by atoms with Crippen LogP contribution >= 0.6 is 23.4 Å². The monoisotopic (exact) mass is 520 g/mol. The number of anilines is 1. The van der Waals surface area contributed by atoms with Crippen molar-refractivity contribution in [3.63, 3.8) is 0 Å². The van der Waals surface area contributed by atoms with Crippen LogP contribution in [0.5, 0.6) is 11.5 Å². The summed E-state index contributed by atoms with van der Waals surface area (Å²) in [5.74, 6) is 1.67. The van der Waals surface area contributed by atoms with Crippen LogP contribution in [0.1, 0.15) is 28.8 Å². The van der Waals surface area contributed by atoms with Crippen LogP contribution in [0.3, 0.4) is 0 Å². The molecule has 0 N–H and O–H groups in total. The molecule has 0 aromatic heterocycles. The van der Waals surface area contributed by atoms with Crippen molar-refractivity contribution in [2.24, 2.45) is 4.99 Å². The Hall–Kier alpha value is -3.55. The Labute approximate surface area is 219 Å². The third-order valence-corrected chi connectivity index (χ3v) is 6.85. The maximum absolute atomic E-state index is 13.4. The zero-order valence-corrected chi connectivity index (χ0v) is 21.5. The van der Waals surface area contributed by atoms with Gasteiger partial charge in [-0.05, 0) is 42.3 Å². The zero-order chi connectivity index (χ0) is 25.5. The number of halogens is 1. The van der Waals surface area contributed by atoms with E-state index in [4.69, 9.17) is 21.1 Å². The summed E-state index contributed by atoms with van der Waals surface area (Å²) in [6.07, 6.45) is 2.82. The van der Waals surface area contributed by atoms with Crippen molar-refractivity contribution in [2.45, 2.75) is 12.8 Å². The molecule has 0 fully saturated rings. The second kappa shape index (κ2) is 11.9. The standard InChI is InChI=1S/C28H25ClN2O4S/c1-34-22-13-10-19(11-14-22)17-24-27(33)31(21-12-15-23(29)26(18-21)35-2)28(30-24)36-16-6-9-25(32)20-7-4-3-5-8-20/h3-5,7-8,10-15,17-18H,6,9,16H2,1-2H3/b24-17-. The van der Waals surface area contributed by atoms with Gasteiger partial charge in [-0.2, -0.15) is 0 Å². The normalized spacial score (nSPS) is 14.2. The average molecular weight is 521 g/mol. The van der Waals surface area contributed by atoms with Crippen molar-refractivity contribution in [3.8, 4) is 11.5 Å². The lowest BCUT2D eigenvalue weighted by atomic mass is 10.1. The number of ketones is 1. The van der Waals surface area contributed by atoms with E-state index in [-0.39, 0.29) is 11.7 Å². The summed E-state index contributed by atoms with van der Waals surface area (Å²) in [6.45, 7) is 0. The fourth-order valence-electron chi connectivity index (χ4n) is 3.63. The van der Waals surface area contributed by atoms with E-state index in [9.17, 15) is 9.59 Å². The van der Waals surface area contributed by atoms with Crippen LogP contribution < -0.4 is 14.4 Å². The first-order valence-corrected chi connectivity index (χ1v) is 12.7. The van der Waals surface area contributed by atoms with E-state index in [1.54, 1.807) is 36.3 Å². The fourth-order valence-corrected chi connectivity index (χ4v) is 4.78. The highest BCUT2D eigenvalue weighted by Gasteiger charge is 2.32. The number of aliphatic imine (C=N–C) groups is 1. The summed E-state index contributed by atoms with van der Waals surface area (Å²) in [5.41, 5.74) is 2.45. The number of amidine groups is 1. The van der Waals surface area contributed by atoms with Crippen molar-refractivity contribution in [1.29, 1.82) is 0 Å². The van der Waals surface area contributed by atoms with Gasteiger partial charge in [-0.15, -0.1) is 0 Å². The number of rotatable bonds is 9. The zero-order valence-electron chi connectivity index (χ0n) is 19.9. The van der Waals surface area contributed by atoms with Gasteiger partial charge in [0.25, 0.3) is 5.91 Å². The summed E-state index contributed by atoms with van der Waals surface area (Å²) < 4.78 is 10.6. The Balaban J connectivity index is 1.54. The molecule has 0 atom stereocenters. The van der Waals surface area contributed by atoms with Crippen molar-refractivity contribution in [2.75, 3.05) is 24.9 Å². The molecule has 36 heavy (non-hydrogen) atoms. The van der Waals surface area contributed by atoms with Crippen LogP contribution in [0, 0.1) is 0 Å². The number of carbonyl (C=O) groups excluding carboxylic acids is 2. The Morgan fingerprint density at radius 2 is 1.78 bits per heavy atom. The molecule has 0 bridgehead atoms. The second-order valence-corrected chi connectivity index (χ2v) is 9.37. The van der Waals surface area contributed by atoms with Gasteiger partial charge < -0.3 is 9.47 Å². The Morgan fingerprint density at radius 3 is 2.47 bits per heavy atom. The Morgan fingerprint density at radius 1 is 1.03 bits per heavy atom. The van der Waals surface area contributed by atoms with E-state index in [0.29, 0.717) is 51.5 Å². The molecular formula is C28H25ClN2O4S. The molecule has 184 valence electrons. The minimum Gasteiger partial charge on any atom is -0.497 e. The number of nitrogens with zero attached hydrogens (tertiary/aromatic N) is 2. The lowest BCUT2D eigenvalue weighted by Crippen LogP contribution is -2.30. The maximum atomic E-state index is 13.4. The summed E-state index contributed by atoms with van der Waals surface area (Å²) in [4.78, 5) is 32.1. The summed E-state index contributed by atoms with van der Waals surface area (Å²) in [5, 5.41) is 0.990. The number of hydrogen-bond donors (Lipinski definition) is 0. The molecule has 0 unspecified atom stereocenters. The highest BCUT2D eigenvalue weighted by Crippen LogP contribution is 2.35. The molecule has 4 rings (SSSR count). The molecule has 1 aliphatic heterocycles. The van der Waals surface area contributed by atoms with Gasteiger partial charge in [-0.1, -0.05) is 65.8 Å². The fraction of sp³-hybridized carbons (Fsp3) is 0.179. The first-order chi connectivity index (χ1) is 17.5. The van der Waals surface area contributed by atoms with Crippen molar-refractivity contribution < 1.29 is 19.1 Å². The van der Waals surface area contributed by atoms with Gasteiger partial charge in [0.2, 0.25) is 0 Å². The number of hydrogen-bond acceptors (Lipinski definition) is 6. The van der Waals surface area contributed by atoms with Gasteiger partial charge >= 0.3 is 0 Å². The van der Waals surface area contributed by atoms with Crippen LogP contribution in [0.4, 0.5) is 5.69 Å². The lowest BCUT2D eigenvalue weighted by Gasteiger charge is -2.19. The van der Waals surface area contributed by atoms with Crippen molar-refractivity contribution in [3.05, 3.63) is 94.6 Å². The van der Waals surface area contributed by atoms with Crippen LogP contribution in [-0.4, -0.2) is 36.8 Å². The van der Waals surface area contributed by atoms with Gasteiger partial charge in [-0.3, -0.25) is 14.5 Å². The second-order valence-electron chi connectivity index (χ2n) is 7.90. The van der Waals surface area contributed by atoms with Gasteiger partial charge in [-0.25, -0.2) is 4.99 Å². The number of Topliss-reactive ketones (excluding diaryl/α,β-unsaturated/α-hetero) is 1. The van der Waals surface area contributed by atoms with Crippen LogP contribution in [0.15, 0.2) is 83.5 Å². The number of thioether (sulfide) groups is 1. The highest BCUT2D eigenvalue weighted by molar-refractivity contribution is 8.14. The molecule has 6 nitrogen and oxygen atoms in total. The Kier molecular flexibility index (Phi) is 8.46. The van der Waals surface area contributed by atoms with E-state index < -0.39 is 0 Å². The SMILES string of the molecule is COc1ccc(/C=C2\N=C(SCCCC(=O)c3ccccc3)N(c3ccc(Cl)c(OC)c3)C2=O)cc1. The first kappa shape index (κ1) is 25.5. The molecular weight excluding hydrogens is 496 g/mol. The number of methoxy groups -OCH3 is 2. The molecule has 0 aliphatic carbocycles. The van der Waals surface area contributed by atoms with Crippen molar-refractivity contribution in [1.82, 2.24) is 0 Å². The first-order valence-electron chi connectivity index (χ1n) is 11.3. The quantitative estimate of drug-likeness (QED) is 0.183.